The molecule has 6 nitrogen and oxygen atoms in total. The molecule has 0 aliphatic rings. The van der Waals surface area contributed by atoms with Crippen molar-refractivity contribution in [3.8, 4) is 62.0 Å². The molecule has 19 aromatic carbocycles. The molecular formula is C123H78N6S3Si. The van der Waals surface area contributed by atoms with Crippen LogP contribution in [0.3, 0.4) is 0 Å². The highest BCUT2D eigenvalue weighted by Crippen LogP contribution is 2.48. The molecule has 0 saturated carbocycles. The van der Waals surface area contributed by atoms with E-state index in [-0.39, 0.29) is 0 Å². The van der Waals surface area contributed by atoms with Gasteiger partial charge in [-0.25, -0.2) is 15.0 Å². The van der Waals surface area contributed by atoms with Crippen molar-refractivity contribution in [1.29, 1.82) is 0 Å². The van der Waals surface area contributed by atoms with Gasteiger partial charge in [-0.3, -0.25) is 0 Å². The molecule has 10 heteroatoms. The predicted molar refractivity (Wildman–Crippen MR) is 572 cm³/mol. The Balaban J connectivity index is 0.000000105. The molecule has 0 fully saturated rings. The van der Waals surface area contributed by atoms with Crippen LogP contribution in [0.15, 0.2) is 473 Å². The van der Waals surface area contributed by atoms with E-state index in [2.05, 4.69) is 487 Å². The summed E-state index contributed by atoms with van der Waals surface area (Å²) >= 11 is 5.52. The van der Waals surface area contributed by atoms with Crippen LogP contribution in [0.1, 0.15) is 0 Å². The third-order valence-corrected chi connectivity index (χ3v) is 35.3. The Hall–Kier alpha value is -16.3. The second-order valence-electron chi connectivity index (χ2n) is 34.2. The second kappa shape index (κ2) is 32.1. The second-order valence-corrected chi connectivity index (χ2v) is 41.2. The Labute approximate surface area is 779 Å². The first kappa shape index (κ1) is 77.8. The lowest BCUT2D eigenvalue weighted by Crippen LogP contribution is -2.74. The summed E-state index contributed by atoms with van der Waals surface area (Å²) in [7, 11) is -2.57. The number of pyridine rings is 3. The highest BCUT2D eigenvalue weighted by Gasteiger charge is 2.41. The van der Waals surface area contributed by atoms with Crippen LogP contribution in [0.4, 0.5) is 0 Å². The van der Waals surface area contributed by atoms with Crippen molar-refractivity contribution in [1.82, 2.24) is 28.7 Å². The van der Waals surface area contributed by atoms with E-state index in [1.165, 1.54) is 174 Å². The van der Waals surface area contributed by atoms with Crippen molar-refractivity contribution in [3.05, 3.63) is 473 Å². The Bertz CT molecular complexity index is 9260. The molecule has 0 aliphatic carbocycles. The van der Waals surface area contributed by atoms with Gasteiger partial charge in [-0.15, -0.1) is 34.0 Å². The van der Waals surface area contributed by atoms with Crippen LogP contribution in [-0.4, -0.2) is 36.7 Å². The summed E-state index contributed by atoms with van der Waals surface area (Å²) in [5.41, 5.74) is 22.8. The van der Waals surface area contributed by atoms with Gasteiger partial charge in [0, 0.05) is 129 Å². The van der Waals surface area contributed by atoms with Gasteiger partial charge in [0.1, 0.15) is 0 Å². The topological polar surface area (TPSA) is 53.5 Å². The van der Waals surface area contributed by atoms with E-state index in [0.717, 1.165) is 67.4 Å². The molecule has 0 bridgehead atoms. The van der Waals surface area contributed by atoms with Gasteiger partial charge < -0.3 is 13.7 Å². The molecule has 0 radical (unpaired) electrons. The van der Waals surface area contributed by atoms with Crippen LogP contribution in [-0.2, 0) is 0 Å². The summed E-state index contributed by atoms with van der Waals surface area (Å²) in [6.07, 6.45) is 0. The van der Waals surface area contributed by atoms with Crippen LogP contribution in [0.2, 0.25) is 0 Å². The maximum absolute atomic E-state index is 5.26. The van der Waals surface area contributed by atoms with E-state index in [1.54, 1.807) is 0 Å². The molecule has 0 N–H and O–H groups in total. The van der Waals surface area contributed by atoms with Gasteiger partial charge in [0.2, 0.25) is 0 Å². The SMILES string of the molecule is c1cc(-c2ccc(-c3nc4ccccc4c4c3sc3ccccc34)cc2)cc(-n2c3ccccc3c3ccccc32)c1.c1ccc([Si](c2ccccc2)(c2ccccc2)c2ccc(-c3nc4ccccc4c4c3sc3ccccc34)cc2)cc1.c1ccc2c(c1)nc(-c1ccc(-n3c4ccccc4c4cc(-n5c6ccccc6c6ccccc65)ccc43)cc1)c1sc3ccccc3c12. The molecule has 0 amide bonds. The molecule has 0 spiro atoms. The smallest absolute Gasteiger partial charge is 0.179 e. The minimum absolute atomic E-state index is 1.03. The Morgan fingerprint density at radius 2 is 0.444 bits per heavy atom. The van der Waals surface area contributed by atoms with E-state index in [0.29, 0.717) is 0 Å². The van der Waals surface area contributed by atoms with Crippen LogP contribution >= 0.6 is 34.0 Å². The molecular weight excluding hydrogens is 1690 g/mol. The quantitative estimate of drug-likeness (QED) is 0.0958. The van der Waals surface area contributed by atoms with Gasteiger partial charge >= 0.3 is 0 Å². The van der Waals surface area contributed by atoms with Crippen molar-refractivity contribution in [2.24, 2.45) is 0 Å². The first-order valence-electron chi connectivity index (χ1n) is 45.2. The number of benzene rings is 19. The normalized spacial score (nSPS) is 11.9. The number of hydrogen-bond donors (Lipinski definition) is 0. The van der Waals surface area contributed by atoms with Gasteiger partial charge in [0.15, 0.2) is 8.07 Å². The largest absolute Gasteiger partial charge is 0.309 e. The van der Waals surface area contributed by atoms with Gasteiger partial charge in [0.25, 0.3) is 0 Å². The van der Waals surface area contributed by atoms with Crippen molar-refractivity contribution < 1.29 is 0 Å². The van der Waals surface area contributed by atoms with E-state index < -0.39 is 8.07 Å². The molecule has 9 aromatic heterocycles. The van der Waals surface area contributed by atoms with E-state index in [4.69, 9.17) is 15.0 Å². The lowest BCUT2D eigenvalue weighted by molar-refractivity contribution is 1.16. The highest BCUT2D eigenvalue weighted by atomic mass is 32.1. The van der Waals surface area contributed by atoms with Gasteiger partial charge in [0.05, 0.1) is 80.8 Å². The predicted octanol–water partition coefficient (Wildman–Crippen LogP) is 31.1. The zero-order valence-corrected chi connectivity index (χ0v) is 75.4. The summed E-state index contributed by atoms with van der Waals surface area (Å²) in [5, 5.41) is 24.5. The monoisotopic (exact) mass is 1760 g/mol. The molecule has 28 rings (SSSR count). The molecule has 28 aromatic rings. The van der Waals surface area contributed by atoms with Crippen molar-refractivity contribution in [2.45, 2.75) is 0 Å². The summed E-state index contributed by atoms with van der Waals surface area (Å²) in [6, 6.07) is 171. The number of rotatable bonds is 11. The molecule has 0 saturated heterocycles. The van der Waals surface area contributed by atoms with Crippen LogP contribution in [0.5, 0.6) is 0 Å². The van der Waals surface area contributed by atoms with Crippen LogP contribution < -0.4 is 20.7 Å². The van der Waals surface area contributed by atoms with Gasteiger partial charge in [-0.05, 0) is 141 Å². The summed E-state index contributed by atoms with van der Waals surface area (Å²) < 4.78 is 14.8. The first-order valence-corrected chi connectivity index (χ1v) is 49.6. The molecule has 133 heavy (non-hydrogen) atoms. The lowest BCUT2D eigenvalue weighted by atomic mass is 10.00. The molecule has 9 heterocycles. The van der Waals surface area contributed by atoms with Gasteiger partial charge in [-0.2, -0.15) is 0 Å². The molecule has 0 atom stereocenters. The molecule has 0 aliphatic heterocycles. The minimum Gasteiger partial charge on any atom is -0.309 e. The Morgan fingerprint density at radius 1 is 0.173 bits per heavy atom. The molecule has 0 unspecified atom stereocenters. The number of para-hydroxylation sites is 8. The Morgan fingerprint density at radius 3 is 0.827 bits per heavy atom. The van der Waals surface area contributed by atoms with Crippen molar-refractivity contribution in [3.63, 3.8) is 0 Å². The maximum Gasteiger partial charge on any atom is 0.179 e. The highest BCUT2D eigenvalue weighted by molar-refractivity contribution is 7.27. The van der Waals surface area contributed by atoms with Crippen molar-refractivity contribution >= 4 is 221 Å². The minimum atomic E-state index is -2.57. The number of fused-ring (bicyclic) bond motifs is 24. The van der Waals surface area contributed by atoms with Crippen molar-refractivity contribution in [2.75, 3.05) is 0 Å². The third kappa shape index (κ3) is 12.8. The summed E-state index contributed by atoms with van der Waals surface area (Å²) in [5.74, 6) is 0. The third-order valence-electron chi connectivity index (χ3n) is 26.9. The number of thiophene rings is 3. The van der Waals surface area contributed by atoms with Crippen LogP contribution in [0.25, 0.3) is 221 Å². The average molecular weight is 1760 g/mol. The maximum atomic E-state index is 5.26. The molecule has 622 valence electrons. The number of hydrogen-bond acceptors (Lipinski definition) is 6. The van der Waals surface area contributed by atoms with Crippen LogP contribution in [0, 0.1) is 0 Å². The summed E-state index contributed by atoms with van der Waals surface area (Å²) in [6.45, 7) is 0. The average Bonchev–Trinajstić information content (AvgIpc) is 1.23. The number of aromatic nitrogens is 6. The lowest BCUT2D eigenvalue weighted by Gasteiger charge is -2.34. The van der Waals surface area contributed by atoms with E-state index in [9.17, 15) is 0 Å². The van der Waals surface area contributed by atoms with Gasteiger partial charge in [-0.1, -0.05) is 364 Å². The fraction of sp³-hybridized carbons (Fsp3) is 0. The zero-order valence-electron chi connectivity index (χ0n) is 71.9. The fourth-order valence-electron chi connectivity index (χ4n) is 21.0. The van der Waals surface area contributed by atoms with E-state index >= 15 is 0 Å². The summed E-state index contributed by atoms with van der Waals surface area (Å²) in [4.78, 5) is 15.7. The fourth-order valence-corrected chi connectivity index (χ4v) is 29.5. The Kier molecular flexibility index (Phi) is 18.8. The standard InChI is InChI=1S/C45H27N3S.C39H24N2S.C39H27NSSi/c1-6-16-37-34(14-1)43-35-15-5-10-20-42(35)49-45(43)44(46-37)28-21-23-29(24-22-28)47-40-19-9-4-13-33(40)36-27-30(25-26-41(36)47)48-38-17-7-2-11-31(38)32-12-3-8-18-39(32)48;1-5-16-33-31(14-1)37-32-15-4-8-19-36(32)42-39(37)38(40-33)26-22-20-25(21-23-26)27-10-9-11-28(24-27)41-34-17-6-2-12-29(34)30-13-3-7-18-35(30)41;1-4-14-29(15-5-1)42(30-16-6-2-7-17-30,31-18-8-3-9-19-31)32-26-24-28(25-27-32)38-39-37(33-20-10-12-22-35(33)40-38)34-21-11-13-23-36(34)41-39/h1-27H;1-24H;1-27H. The zero-order chi connectivity index (χ0) is 87.6. The number of nitrogens with zero attached hydrogens (tertiary/aromatic N) is 6. The first-order chi connectivity index (χ1) is 66.0. The van der Waals surface area contributed by atoms with E-state index in [1.807, 2.05) is 34.0 Å².